The second-order valence-electron chi connectivity index (χ2n) is 6.91. The first-order valence-electron chi connectivity index (χ1n) is 9.10. The van der Waals surface area contributed by atoms with Gasteiger partial charge in [0.15, 0.2) is 15.5 Å². The van der Waals surface area contributed by atoms with Crippen molar-refractivity contribution in [2.24, 2.45) is 7.05 Å². The SMILES string of the molecule is Cc1cc(C(=O)NCCCS(=O)(=O)Cc2ccccc2)c2c(C)nn(C)c2n1. The molecule has 148 valence electrons. The van der Waals surface area contributed by atoms with Gasteiger partial charge in [0.05, 0.1) is 28.1 Å². The van der Waals surface area contributed by atoms with E-state index in [1.807, 2.05) is 32.0 Å². The zero-order valence-corrected chi connectivity index (χ0v) is 17.1. The maximum absolute atomic E-state index is 12.7. The summed E-state index contributed by atoms with van der Waals surface area (Å²) in [5.74, 6) is -0.202. The Labute approximate surface area is 164 Å². The molecule has 0 unspecified atom stereocenters. The number of fused-ring (bicyclic) bond motifs is 1. The minimum Gasteiger partial charge on any atom is -0.352 e. The van der Waals surface area contributed by atoms with E-state index >= 15 is 0 Å². The van der Waals surface area contributed by atoms with Crippen molar-refractivity contribution in [3.8, 4) is 0 Å². The number of hydrogen-bond acceptors (Lipinski definition) is 5. The first-order chi connectivity index (χ1) is 13.3. The van der Waals surface area contributed by atoms with E-state index in [1.54, 1.807) is 29.9 Å². The Kier molecular flexibility index (Phi) is 5.79. The van der Waals surface area contributed by atoms with Gasteiger partial charge in [0.1, 0.15) is 0 Å². The lowest BCUT2D eigenvalue weighted by Crippen LogP contribution is -2.26. The number of aryl methyl sites for hydroxylation is 3. The molecule has 7 nitrogen and oxygen atoms in total. The van der Waals surface area contributed by atoms with Crippen LogP contribution in [0, 0.1) is 13.8 Å². The molecule has 0 aliphatic heterocycles. The third-order valence-corrected chi connectivity index (χ3v) is 6.17. The Hall–Kier alpha value is -2.74. The van der Waals surface area contributed by atoms with E-state index in [0.29, 0.717) is 17.6 Å². The van der Waals surface area contributed by atoms with Crippen molar-refractivity contribution in [2.45, 2.75) is 26.0 Å². The number of carbonyl (C=O) groups is 1. The lowest BCUT2D eigenvalue weighted by atomic mass is 10.1. The molecule has 1 N–H and O–H groups in total. The fourth-order valence-electron chi connectivity index (χ4n) is 3.24. The van der Waals surface area contributed by atoms with Gasteiger partial charge >= 0.3 is 0 Å². The summed E-state index contributed by atoms with van der Waals surface area (Å²) in [5, 5.41) is 7.89. The number of carbonyl (C=O) groups excluding carboxylic acids is 1. The van der Waals surface area contributed by atoms with Gasteiger partial charge in [0, 0.05) is 19.3 Å². The van der Waals surface area contributed by atoms with Gasteiger partial charge in [-0.2, -0.15) is 5.10 Å². The molecule has 0 bridgehead atoms. The Morgan fingerprint density at radius 1 is 1.18 bits per heavy atom. The van der Waals surface area contributed by atoms with Crippen molar-refractivity contribution in [1.29, 1.82) is 0 Å². The molecule has 1 amide bonds. The number of rotatable bonds is 7. The van der Waals surface area contributed by atoms with Crippen LogP contribution in [0.5, 0.6) is 0 Å². The number of amides is 1. The summed E-state index contributed by atoms with van der Waals surface area (Å²) in [6.45, 7) is 3.95. The Bertz CT molecular complexity index is 1110. The zero-order valence-electron chi connectivity index (χ0n) is 16.3. The molecule has 0 spiro atoms. The van der Waals surface area contributed by atoms with Gasteiger partial charge < -0.3 is 5.32 Å². The fraction of sp³-hybridized carbons (Fsp3) is 0.350. The first kappa shape index (κ1) is 20.0. The average Bonchev–Trinajstić information content (AvgIpc) is 2.92. The predicted octanol–water partition coefficient (Wildman–Crippen LogP) is 2.32. The first-order valence-corrected chi connectivity index (χ1v) is 10.9. The van der Waals surface area contributed by atoms with Crippen molar-refractivity contribution in [3.63, 3.8) is 0 Å². The predicted molar refractivity (Wildman–Crippen MR) is 109 cm³/mol. The van der Waals surface area contributed by atoms with Crippen molar-refractivity contribution in [1.82, 2.24) is 20.1 Å². The van der Waals surface area contributed by atoms with Crippen LogP contribution in [0.25, 0.3) is 11.0 Å². The van der Waals surface area contributed by atoms with Crippen LogP contribution in [0.2, 0.25) is 0 Å². The van der Waals surface area contributed by atoms with E-state index in [2.05, 4.69) is 15.4 Å². The van der Waals surface area contributed by atoms with E-state index in [0.717, 1.165) is 22.3 Å². The highest BCUT2D eigenvalue weighted by Gasteiger charge is 2.18. The van der Waals surface area contributed by atoms with Crippen molar-refractivity contribution < 1.29 is 13.2 Å². The van der Waals surface area contributed by atoms with Gasteiger partial charge in [-0.05, 0) is 31.9 Å². The number of pyridine rings is 1. The number of sulfone groups is 1. The summed E-state index contributed by atoms with van der Waals surface area (Å²) >= 11 is 0. The van der Waals surface area contributed by atoms with Crippen LogP contribution in [0.1, 0.15) is 33.7 Å². The molecule has 0 radical (unpaired) electrons. The Balaban J connectivity index is 1.61. The normalized spacial score (nSPS) is 11.7. The number of hydrogen-bond donors (Lipinski definition) is 1. The molecular formula is C20H24N4O3S. The molecule has 2 heterocycles. The van der Waals surface area contributed by atoms with Crippen LogP contribution in [0.15, 0.2) is 36.4 Å². The van der Waals surface area contributed by atoms with Crippen LogP contribution >= 0.6 is 0 Å². The second-order valence-corrected chi connectivity index (χ2v) is 9.09. The number of nitrogens with zero attached hydrogens (tertiary/aromatic N) is 3. The van der Waals surface area contributed by atoms with Gasteiger partial charge in [-0.15, -0.1) is 0 Å². The maximum Gasteiger partial charge on any atom is 0.252 e. The third kappa shape index (κ3) is 4.56. The summed E-state index contributed by atoms with van der Waals surface area (Å²) < 4.78 is 26.2. The van der Waals surface area contributed by atoms with E-state index in [9.17, 15) is 13.2 Å². The smallest absolute Gasteiger partial charge is 0.252 e. The molecule has 28 heavy (non-hydrogen) atoms. The monoisotopic (exact) mass is 400 g/mol. The molecule has 0 aliphatic rings. The summed E-state index contributed by atoms with van der Waals surface area (Å²) in [6, 6.07) is 10.8. The van der Waals surface area contributed by atoms with Crippen LogP contribution in [0.4, 0.5) is 0 Å². The molecule has 3 aromatic rings. The quantitative estimate of drug-likeness (QED) is 0.614. The summed E-state index contributed by atoms with van der Waals surface area (Å²) in [5.41, 5.74) is 3.41. The minimum absolute atomic E-state index is 0.0147. The van der Waals surface area contributed by atoms with Crippen LogP contribution in [-0.2, 0) is 22.6 Å². The lowest BCUT2D eigenvalue weighted by molar-refractivity contribution is 0.0955. The lowest BCUT2D eigenvalue weighted by Gasteiger charge is -2.08. The van der Waals surface area contributed by atoms with Crippen molar-refractivity contribution in [3.05, 3.63) is 58.9 Å². The molecule has 2 aromatic heterocycles. The maximum atomic E-state index is 12.7. The topological polar surface area (TPSA) is 94.0 Å². The van der Waals surface area contributed by atoms with Crippen LogP contribution in [-0.4, -0.2) is 41.4 Å². The van der Waals surface area contributed by atoms with E-state index < -0.39 is 9.84 Å². The Morgan fingerprint density at radius 2 is 1.89 bits per heavy atom. The largest absolute Gasteiger partial charge is 0.352 e. The number of benzene rings is 1. The number of aromatic nitrogens is 3. The summed E-state index contributed by atoms with van der Waals surface area (Å²) in [7, 11) is -1.42. The standard InChI is InChI=1S/C20H24N4O3S/c1-14-12-17(18-15(2)23-24(3)19(18)22-14)20(25)21-10-7-11-28(26,27)13-16-8-5-4-6-9-16/h4-6,8-9,12H,7,10-11,13H2,1-3H3,(H,21,25). The molecule has 8 heteroatoms. The number of nitrogens with one attached hydrogen (secondary N) is 1. The van der Waals surface area contributed by atoms with Gasteiger partial charge in [-0.1, -0.05) is 30.3 Å². The molecule has 0 saturated carbocycles. The summed E-state index contributed by atoms with van der Waals surface area (Å²) in [6.07, 6.45) is 0.361. The van der Waals surface area contributed by atoms with Crippen LogP contribution in [0.3, 0.4) is 0 Å². The molecule has 0 saturated heterocycles. The van der Waals surface area contributed by atoms with Gasteiger partial charge in [-0.3, -0.25) is 9.48 Å². The van der Waals surface area contributed by atoms with E-state index in [-0.39, 0.29) is 24.0 Å². The van der Waals surface area contributed by atoms with Crippen molar-refractivity contribution in [2.75, 3.05) is 12.3 Å². The van der Waals surface area contributed by atoms with Gasteiger partial charge in [0.2, 0.25) is 0 Å². The molecule has 0 atom stereocenters. The molecule has 0 fully saturated rings. The zero-order chi connectivity index (χ0) is 20.3. The average molecular weight is 401 g/mol. The van der Waals surface area contributed by atoms with Gasteiger partial charge in [-0.25, -0.2) is 13.4 Å². The fourth-order valence-corrected chi connectivity index (χ4v) is 4.67. The Morgan fingerprint density at radius 3 is 2.61 bits per heavy atom. The third-order valence-electron chi connectivity index (χ3n) is 4.49. The molecular weight excluding hydrogens is 376 g/mol. The summed E-state index contributed by atoms with van der Waals surface area (Å²) in [4.78, 5) is 17.1. The molecule has 3 rings (SSSR count). The van der Waals surface area contributed by atoms with E-state index in [1.165, 1.54) is 0 Å². The van der Waals surface area contributed by atoms with Crippen LogP contribution < -0.4 is 5.32 Å². The highest BCUT2D eigenvalue weighted by atomic mass is 32.2. The highest BCUT2D eigenvalue weighted by molar-refractivity contribution is 7.90. The molecule has 0 aliphatic carbocycles. The van der Waals surface area contributed by atoms with Crippen molar-refractivity contribution >= 4 is 26.8 Å². The van der Waals surface area contributed by atoms with Gasteiger partial charge in [0.25, 0.3) is 5.91 Å². The highest BCUT2D eigenvalue weighted by Crippen LogP contribution is 2.21. The minimum atomic E-state index is -3.22. The molecule has 1 aromatic carbocycles. The second kappa shape index (κ2) is 8.10. The van der Waals surface area contributed by atoms with E-state index in [4.69, 9.17) is 0 Å².